The van der Waals surface area contributed by atoms with Gasteiger partial charge in [-0.2, -0.15) is 0 Å². The van der Waals surface area contributed by atoms with Gasteiger partial charge in [-0.15, -0.1) is 0 Å². The standard InChI is InChI=1S/C64H42N4.C58H38N4/c1-4-16-44(17-5-1)58-42-59(66-64(65-58)45-18-6-2-7-19-45)51-23-15-22-48(39-51)47-21-14-20-46(38-47)43-30-34-53(35-31-43)68-61-29-13-11-27-55(61)57-41-50(33-37-63(57)68)49-32-36-62-56(40-49)54-26-10-12-28-60(54)67(62)52-24-8-3-9-25-52;1-4-16-39(17-5-1)52-38-53(60-58(59-52)40-18-6-2-7-19-40)45-22-14-20-41(34-45)42-21-15-25-47(35-42)62-55-29-13-11-27-49(55)51-37-44(31-33-57(51)62)43-30-32-56-50(36-43)48-26-10-12-28-54(48)61(56)46-23-8-3-9-24-46/h1-42H;1-38H. The molecular formula is C122H80N8. The zero-order valence-electron chi connectivity index (χ0n) is 70.8. The summed E-state index contributed by atoms with van der Waals surface area (Å²) in [7, 11) is 0. The predicted octanol–water partition coefficient (Wildman–Crippen LogP) is 31.7. The average Bonchev–Trinajstić information content (AvgIpc) is 1.59. The van der Waals surface area contributed by atoms with E-state index in [-0.39, 0.29) is 0 Å². The van der Waals surface area contributed by atoms with Crippen LogP contribution in [0.3, 0.4) is 0 Å². The summed E-state index contributed by atoms with van der Waals surface area (Å²) in [6.07, 6.45) is 0. The van der Waals surface area contributed by atoms with Gasteiger partial charge in [0.1, 0.15) is 0 Å². The third-order valence-corrected chi connectivity index (χ3v) is 25.5. The fraction of sp³-hybridized carbons (Fsp3) is 0. The molecule has 0 radical (unpaired) electrons. The van der Waals surface area contributed by atoms with E-state index in [9.17, 15) is 0 Å². The van der Waals surface area contributed by atoms with E-state index < -0.39 is 0 Å². The Hall–Kier alpha value is -17.5. The van der Waals surface area contributed by atoms with Gasteiger partial charge in [0.2, 0.25) is 0 Å². The normalized spacial score (nSPS) is 11.5. The van der Waals surface area contributed by atoms with Gasteiger partial charge in [-0.3, -0.25) is 0 Å². The van der Waals surface area contributed by atoms with Crippen molar-refractivity contribution in [2.45, 2.75) is 0 Å². The minimum Gasteiger partial charge on any atom is -0.309 e. The van der Waals surface area contributed by atoms with E-state index in [1.807, 2.05) is 48.5 Å². The zero-order valence-corrected chi connectivity index (χ0v) is 70.8. The van der Waals surface area contributed by atoms with Crippen molar-refractivity contribution in [1.29, 1.82) is 0 Å². The Morgan fingerprint density at radius 3 is 0.677 bits per heavy atom. The molecule has 0 aliphatic rings. The second-order valence-electron chi connectivity index (χ2n) is 33.2. The first-order chi connectivity index (χ1) is 64.4. The third kappa shape index (κ3) is 13.9. The smallest absolute Gasteiger partial charge is 0.160 e. The molecule has 130 heavy (non-hydrogen) atoms. The molecule has 0 aliphatic heterocycles. The summed E-state index contributed by atoms with van der Waals surface area (Å²) in [6.45, 7) is 0. The molecule has 0 unspecified atom stereocenters. The lowest BCUT2D eigenvalue weighted by molar-refractivity contribution is 1.18. The molecule has 0 aliphatic carbocycles. The molecule has 25 rings (SSSR count). The van der Waals surface area contributed by atoms with Crippen molar-refractivity contribution >= 4 is 87.2 Å². The SMILES string of the molecule is c1ccc(-c2cc(-c3cccc(-c4cccc(-c5ccc(-n6c7ccccc7c7cc(-c8ccc9c(c8)c8ccccc8n9-c8ccccc8)ccc76)cc5)c4)c3)nc(-c3ccccc3)n2)cc1.c1ccc(-c2cc(-c3cccc(-c4cccc(-n5c6ccccc6c6cc(-c7ccc8c(c7)c7ccccc7n8-c7ccccc7)ccc65)c4)c3)nc(-c3ccccc3)n2)cc1. The first-order valence-corrected chi connectivity index (χ1v) is 44.2. The highest BCUT2D eigenvalue weighted by Crippen LogP contribution is 2.44. The second kappa shape index (κ2) is 32.6. The van der Waals surface area contributed by atoms with Crippen molar-refractivity contribution in [1.82, 2.24) is 38.2 Å². The van der Waals surface area contributed by atoms with Crippen molar-refractivity contribution in [3.63, 3.8) is 0 Å². The number of aromatic nitrogens is 8. The summed E-state index contributed by atoms with van der Waals surface area (Å²) in [5.41, 5.74) is 35.5. The lowest BCUT2D eigenvalue weighted by Gasteiger charge is -2.12. The number of para-hydroxylation sites is 6. The van der Waals surface area contributed by atoms with Crippen LogP contribution in [0.25, 0.3) is 233 Å². The molecule has 0 spiro atoms. The number of hydrogen-bond donors (Lipinski definition) is 0. The number of benzene rings is 19. The van der Waals surface area contributed by atoms with E-state index in [0.717, 1.165) is 107 Å². The van der Waals surface area contributed by atoms with Crippen molar-refractivity contribution in [3.05, 3.63) is 485 Å². The van der Waals surface area contributed by atoms with Crippen LogP contribution in [0, 0.1) is 0 Å². The highest BCUT2D eigenvalue weighted by Gasteiger charge is 2.22. The summed E-state index contributed by atoms with van der Waals surface area (Å²) >= 11 is 0. The van der Waals surface area contributed by atoms with Gasteiger partial charge >= 0.3 is 0 Å². The minimum atomic E-state index is 0.708. The van der Waals surface area contributed by atoms with Gasteiger partial charge in [-0.25, -0.2) is 19.9 Å². The van der Waals surface area contributed by atoms with Crippen LogP contribution in [-0.4, -0.2) is 38.2 Å². The van der Waals surface area contributed by atoms with Crippen LogP contribution < -0.4 is 0 Å². The van der Waals surface area contributed by atoms with Gasteiger partial charge in [-0.1, -0.05) is 334 Å². The van der Waals surface area contributed by atoms with E-state index in [1.165, 1.54) is 115 Å². The Balaban J connectivity index is 0.000000145. The lowest BCUT2D eigenvalue weighted by Crippen LogP contribution is -1.96. The number of rotatable bonds is 15. The van der Waals surface area contributed by atoms with Crippen LogP contribution in [0.5, 0.6) is 0 Å². The molecule has 0 N–H and O–H groups in total. The van der Waals surface area contributed by atoms with Crippen molar-refractivity contribution in [3.8, 4) is 146 Å². The topological polar surface area (TPSA) is 71.3 Å². The van der Waals surface area contributed by atoms with Gasteiger partial charge in [0.25, 0.3) is 0 Å². The number of fused-ring (bicyclic) bond motifs is 12. The fourth-order valence-corrected chi connectivity index (χ4v) is 19.2. The maximum absolute atomic E-state index is 5.12. The molecule has 0 atom stereocenters. The van der Waals surface area contributed by atoms with Gasteiger partial charge in [0, 0.05) is 99.2 Å². The molecule has 0 saturated carbocycles. The van der Waals surface area contributed by atoms with E-state index in [4.69, 9.17) is 19.9 Å². The van der Waals surface area contributed by atoms with Gasteiger partial charge in [0.15, 0.2) is 11.6 Å². The molecule has 25 aromatic rings. The van der Waals surface area contributed by atoms with Crippen LogP contribution in [0.1, 0.15) is 0 Å². The van der Waals surface area contributed by atoms with Crippen molar-refractivity contribution in [2.24, 2.45) is 0 Å². The van der Waals surface area contributed by atoms with Crippen LogP contribution in [0.15, 0.2) is 485 Å². The average molecular weight is 1660 g/mol. The Morgan fingerprint density at radius 1 is 0.115 bits per heavy atom. The Labute approximate surface area is 751 Å². The molecule has 8 nitrogen and oxygen atoms in total. The Kier molecular flexibility index (Phi) is 19.1. The maximum atomic E-state index is 5.12. The molecule has 608 valence electrons. The van der Waals surface area contributed by atoms with Crippen molar-refractivity contribution < 1.29 is 0 Å². The van der Waals surface area contributed by atoms with E-state index >= 15 is 0 Å². The monoisotopic (exact) mass is 1660 g/mol. The van der Waals surface area contributed by atoms with E-state index in [2.05, 4.69) is 455 Å². The maximum Gasteiger partial charge on any atom is 0.160 e. The summed E-state index contributed by atoms with van der Waals surface area (Å²) in [5.74, 6) is 1.42. The Morgan fingerprint density at radius 2 is 0.331 bits per heavy atom. The molecular weight excluding hydrogens is 1580 g/mol. The second-order valence-corrected chi connectivity index (χ2v) is 33.2. The van der Waals surface area contributed by atoms with Crippen LogP contribution in [0.2, 0.25) is 0 Å². The Bertz CT molecular complexity index is 8520. The molecule has 6 aromatic heterocycles. The first-order valence-electron chi connectivity index (χ1n) is 44.2. The lowest BCUT2D eigenvalue weighted by atomic mass is 9.97. The molecule has 0 bridgehead atoms. The zero-order chi connectivity index (χ0) is 86.0. The van der Waals surface area contributed by atoms with Crippen LogP contribution >= 0.6 is 0 Å². The summed E-state index contributed by atoms with van der Waals surface area (Å²) in [5, 5.41) is 9.93. The van der Waals surface area contributed by atoms with E-state index in [1.54, 1.807) is 0 Å². The molecule has 19 aromatic carbocycles. The number of hydrogen-bond acceptors (Lipinski definition) is 4. The highest BCUT2D eigenvalue weighted by molar-refractivity contribution is 6.15. The highest BCUT2D eigenvalue weighted by atomic mass is 15.0. The molecule has 6 heterocycles. The molecule has 8 heteroatoms. The summed E-state index contributed by atoms with van der Waals surface area (Å²) < 4.78 is 9.55. The first kappa shape index (κ1) is 76.2. The van der Waals surface area contributed by atoms with Gasteiger partial charge in [0.05, 0.1) is 66.9 Å². The van der Waals surface area contributed by atoms with E-state index in [0.29, 0.717) is 11.6 Å². The largest absolute Gasteiger partial charge is 0.309 e. The van der Waals surface area contributed by atoms with Crippen molar-refractivity contribution in [2.75, 3.05) is 0 Å². The summed E-state index contributed by atoms with van der Waals surface area (Å²) in [6, 6.07) is 173. The van der Waals surface area contributed by atoms with Crippen LogP contribution in [-0.2, 0) is 0 Å². The quantitative estimate of drug-likeness (QED) is 0.103. The van der Waals surface area contributed by atoms with Crippen LogP contribution in [0.4, 0.5) is 0 Å². The predicted molar refractivity (Wildman–Crippen MR) is 541 cm³/mol. The summed E-state index contributed by atoms with van der Waals surface area (Å²) in [4.78, 5) is 20.2. The molecule has 0 fully saturated rings. The number of nitrogens with zero attached hydrogens (tertiary/aromatic N) is 8. The van der Waals surface area contributed by atoms with Gasteiger partial charge in [-0.05, 0) is 207 Å². The fourth-order valence-electron chi connectivity index (χ4n) is 19.2. The van der Waals surface area contributed by atoms with Gasteiger partial charge < -0.3 is 18.3 Å². The molecule has 0 amide bonds. The molecule has 0 saturated heterocycles. The third-order valence-electron chi connectivity index (χ3n) is 25.5. The minimum absolute atomic E-state index is 0.708.